The summed E-state index contributed by atoms with van der Waals surface area (Å²) in [5, 5.41) is 0. The SMILES string of the molecule is CCN(C(=O)C(N1C(=O)c2ccccc2C1=O)C(C)(C)C)C(C)C. The van der Waals surface area contributed by atoms with Crippen molar-refractivity contribution in [2.45, 2.75) is 53.6 Å². The molecule has 1 aliphatic heterocycles. The smallest absolute Gasteiger partial charge is 0.262 e. The number of carbonyl (C=O) groups is 3. The lowest BCUT2D eigenvalue weighted by molar-refractivity contribution is -0.140. The Labute approximate surface area is 143 Å². The Bertz CT molecular complexity index is 638. The number of fused-ring (bicyclic) bond motifs is 1. The zero-order chi connectivity index (χ0) is 18.2. The van der Waals surface area contributed by atoms with Gasteiger partial charge >= 0.3 is 0 Å². The Morgan fingerprint density at radius 2 is 1.54 bits per heavy atom. The van der Waals surface area contributed by atoms with Crippen LogP contribution in [-0.2, 0) is 4.79 Å². The van der Waals surface area contributed by atoms with Gasteiger partial charge < -0.3 is 4.90 Å². The molecular weight excluding hydrogens is 304 g/mol. The molecule has 3 amide bonds. The van der Waals surface area contributed by atoms with Gasteiger partial charge in [-0.3, -0.25) is 19.3 Å². The van der Waals surface area contributed by atoms with Crippen LogP contribution in [0.25, 0.3) is 0 Å². The zero-order valence-electron chi connectivity index (χ0n) is 15.3. The molecule has 0 aliphatic carbocycles. The molecule has 5 nitrogen and oxygen atoms in total. The second-order valence-corrected chi connectivity index (χ2v) is 7.51. The molecule has 0 saturated carbocycles. The van der Waals surface area contributed by atoms with E-state index in [0.29, 0.717) is 17.7 Å². The van der Waals surface area contributed by atoms with E-state index in [0.717, 1.165) is 4.90 Å². The quantitative estimate of drug-likeness (QED) is 0.798. The fourth-order valence-corrected chi connectivity index (χ4v) is 3.24. The molecule has 1 aliphatic rings. The average molecular weight is 330 g/mol. The summed E-state index contributed by atoms with van der Waals surface area (Å²) in [5.74, 6) is -0.957. The molecular formula is C19H26N2O3. The van der Waals surface area contributed by atoms with E-state index in [1.807, 2.05) is 41.5 Å². The van der Waals surface area contributed by atoms with Gasteiger partial charge in [-0.2, -0.15) is 0 Å². The summed E-state index contributed by atoms with van der Waals surface area (Å²) in [5.41, 5.74) is 0.182. The first kappa shape index (κ1) is 18.2. The predicted molar refractivity (Wildman–Crippen MR) is 92.7 cm³/mol. The van der Waals surface area contributed by atoms with E-state index in [4.69, 9.17) is 0 Å². The third kappa shape index (κ3) is 2.95. The van der Waals surface area contributed by atoms with E-state index in [-0.39, 0.29) is 23.8 Å². The van der Waals surface area contributed by atoms with Gasteiger partial charge in [0.1, 0.15) is 6.04 Å². The number of amides is 3. The molecule has 1 aromatic carbocycles. The molecule has 1 heterocycles. The minimum absolute atomic E-state index is 0.00234. The van der Waals surface area contributed by atoms with Crippen LogP contribution < -0.4 is 0 Å². The molecule has 0 radical (unpaired) electrons. The van der Waals surface area contributed by atoms with Gasteiger partial charge in [0.05, 0.1) is 11.1 Å². The standard InChI is InChI=1S/C19H26N2O3/c1-7-20(12(2)3)18(24)15(19(4,5)6)21-16(22)13-10-8-9-11-14(13)17(21)23/h8-12,15H,7H2,1-6H3. The monoisotopic (exact) mass is 330 g/mol. The van der Waals surface area contributed by atoms with Crippen molar-refractivity contribution in [3.63, 3.8) is 0 Å². The molecule has 0 saturated heterocycles. The van der Waals surface area contributed by atoms with Crippen LogP contribution in [-0.4, -0.2) is 46.1 Å². The van der Waals surface area contributed by atoms with Gasteiger partial charge in [-0.05, 0) is 38.3 Å². The molecule has 0 aromatic heterocycles. The Hall–Kier alpha value is -2.17. The van der Waals surface area contributed by atoms with Crippen LogP contribution in [0.3, 0.4) is 0 Å². The Morgan fingerprint density at radius 1 is 1.08 bits per heavy atom. The highest BCUT2D eigenvalue weighted by Crippen LogP contribution is 2.33. The molecule has 0 N–H and O–H groups in total. The maximum absolute atomic E-state index is 13.2. The van der Waals surface area contributed by atoms with Crippen molar-refractivity contribution >= 4 is 17.7 Å². The van der Waals surface area contributed by atoms with Crippen molar-refractivity contribution < 1.29 is 14.4 Å². The van der Waals surface area contributed by atoms with E-state index < -0.39 is 11.5 Å². The van der Waals surface area contributed by atoms with Gasteiger partial charge in [-0.1, -0.05) is 32.9 Å². The number of imide groups is 1. The fraction of sp³-hybridized carbons (Fsp3) is 0.526. The van der Waals surface area contributed by atoms with Crippen molar-refractivity contribution in [3.05, 3.63) is 35.4 Å². The van der Waals surface area contributed by atoms with Crippen LogP contribution >= 0.6 is 0 Å². The molecule has 1 atom stereocenters. The summed E-state index contributed by atoms with van der Waals surface area (Å²) in [6.45, 7) is 12.0. The van der Waals surface area contributed by atoms with Gasteiger partial charge in [0.25, 0.3) is 11.8 Å². The molecule has 5 heteroatoms. The third-order valence-corrected chi connectivity index (χ3v) is 4.39. The summed E-state index contributed by atoms with van der Waals surface area (Å²) in [7, 11) is 0. The Balaban J connectivity index is 2.50. The number of hydrogen-bond donors (Lipinski definition) is 0. The number of rotatable bonds is 4. The van der Waals surface area contributed by atoms with Crippen molar-refractivity contribution in [2.75, 3.05) is 6.54 Å². The first-order valence-electron chi connectivity index (χ1n) is 8.38. The van der Waals surface area contributed by atoms with Gasteiger partial charge in [0, 0.05) is 12.6 Å². The van der Waals surface area contributed by atoms with Crippen molar-refractivity contribution in [3.8, 4) is 0 Å². The highest BCUT2D eigenvalue weighted by Gasteiger charge is 2.48. The third-order valence-electron chi connectivity index (χ3n) is 4.39. The van der Waals surface area contributed by atoms with Crippen LogP contribution in [0.15, 0.2) is 24.3 Å². The van der Waals surface area contributed by atoms with E-state index in [2.05, 4.69) is 0 Å². The summed E-state index contributed by atoms with van der Waals surface area (Å²) in [6.07, 6.45) is 0. The predicted octanol–water partition coefficient (Wildman–Crippen LogP) is 2.95. The van der Waals surface area contributed by atoms with Gasteiger partial charge in [0.15, 0.2) is 0 Å². The lowest BCUT2D eigenvalue weighted by Crippen LogP contribution is -2.57. The van der Waals surface area contributed by atoms with E-state index in [1.54, 1.807) is 29.2 Å². The summed E-state index contributed by atoms with van der Waals surface area (Å²) in [4.78, 5) is 41.7. The largest absolute Gasteiger partial charge is 0.339 e. The van der Waals surface area contributed by atoms with Gasteiger partial charge in [-0.15, -0.1) is 0 Å². The molecule has 0 bridgehead atoms. The van der Waals surface area contributed by atoms with Crippen LogP contribution in [0.4, 0.5) is 0 Å². The first-order chi connectivity index (χ1) is 11.1. The number of likely N-dealkylation sites (N-methyl/N-ethyl adjacent to an activating group) is 1. The van der Waals surface area contributed by atoms with Crippen LogP contribution in [0.2, 0.25) is 0 Å². The summed E-state index contributed by atoms with van der Waals surface area (Å²) >= 11 is 0. The number of carbonyl (C=O) groups excluding carboxylic acids is 3. The highest BCUT2D eigenvalue weighted by molar-refractivity contribution is 6.22. The molecule has 1 unspecified atom stereocenters. The number of hydrogen-bond acceptors (Lipinski definition) is 3. The molecule has 130 valence electrons. The van der Waals surface area contributed by atoms with E-state index in [9.17, 15) is 14.4 Å². The molecule has 0 spiro atoms. The maximum Gasteiger partial charge on any atom is 0.262 e. The van der Waals surface area contributed by atoms with E-state index in [1.165, 1.54) is 0 Å². The minimum atomic E-state index is -0.827. The second-order valence-electron chi connectivity index (χ2n) is 7.51. The summed E-state index contributed by atoms with van der Waals surface area (Å²) in [6, 6.07) is 5.91. The maximum atomic E-state index is 13.2. The minimum Gasteiger partial charge on any atom is -0.339 e. The van der Waals surface area contributed by atoms with Gasteiger partial charge in [-0.25, -0.2) is 0 Å². The number of nitrogens with zero attached hydrogens (tertiary/aromatic N) is 2. The summed E-state index contributed by atoms with van der Waals surface area (Å²) < 4.78 is 0. The average Bonchev–Trinajstić information content (AvgIpc) is 2.72. The Kier molecular flexibility index (Phi) is 4.83. The first-order valence-corrected chi connectivity index (χ1v) is 8.38. The lowest BCUT2D eigenvalue weighted by atomic mass is 9.84. The molecule has 24 heavy (non-hydrogen) atoms. The second kappa shape index (κ2) is 6.38. The topological polar surface area (TPSA) is 57.7 Å². The zero-order valence-corrected chi connectivity index (χ0v) is 15.3. The van der Waals surface area contributed by atoms with E-state index >= 15 is 0 Å². The lowest BCUT2D eigenvalue weighted by Gasteiger charge is -2.39. The fourth-order valence-electron chi connectivity index (χ4n) is 3.24. The van der Waals surface area contributed by atoms with Crippen molar-refractivity contribution in [1.82, 2.24) is 9.80 Å². The molecule has 2 rings (SSSR count). The molecule has 0 fully saturated rings. The highest BCUT2D eigenvalue weighted by atomic mass is 16.2. The number of benzene rings is 1. The van der Waals surface area contributed by atoms with Crippen LogP contribution in [0, 0.1) is 5.41 Å². The van der Waals surface area contributed by atoms with Crippen molar-refractivity contribution in [2.24, 2.45) is 5.41 Å². The van der Waals surface area contributed by atoms with Crippen LogP contribution in [0.1, 0.15) is 62.3 Å². The van der Waals surface area contributed by atoms with Crippen molar-refractivity contribution in [1.29, 1.82) is 0 Å². The van der Waals surface area contributed by atoms with Gasteiger partial charge in [0.2, 0.25) is 5.91 Å². The molecule has 1 aromatic rings. The van der Waals surface area contributed by atoms with Crippen LogP contribution in [0.5, 0.6) is 0 Å². The normalized spacial score (nSPS) is 15.7. The Morgan fingerprint density at radius 3 is 1.88 bits per heavy atom.